The summed E-state index contributed by atoms with van der Waals surface area (Å²) in [4.78, 5) is 13.8. The van der Waals surface area contributed by atoms with E-state index in [1.54, 1.807) is 4.90 Å². The Morgan fingerprint density at radius 3 is 2.93 bits per heavy atom. The first kappa shape index (κ1) is 10.9. The number of likely N-dealkylation sites (tertiary alicyclic amines) is 1. The average Bonchev–Trinajstić information content (AvgIpc) is 2.64. The van der Waals surface area contributed by atoms with Crippen LogP contribution in [0.3, 0.4) is 0 Å². The molecule has 2 fully saturated rings. The van der Waals surface area contributed by atoms with E-state index >= 15 is 0 Å². The summed E-state index contributed by atoms with van der Waals surface area (Å²) < 4.78 is 5.39. The lowest BCUT2D eigenvalue weighted by molar-refractivity contribution is -0.138. The Labute approximate surface area is 90.2 Å². The number of carbonyl (C=O) groups is 1. The Balaban J connectivity index is 1.89. The molecule has 3 unspecified atom stereocenters. The van der Waals surface area contributed by atoms with Crippen LogP contribution in [0.4, 0.5) is 0 Å². The van der Waals surface area contributed by atoms with Crippen LogP contribution in [0.15, 0.2) is 0 Å². The Hall–Kier alpha value is -0.610. The fourth-order valence-corrected chi connectivity index (χ4v) is 2.40. The van der Waals surface area contributed by atoms with Crippen LogP contribution in [0, 0.1) is 5.92 Å². The molecule has 0 aromatic rings. The van der Waals surface area contributed by atoms with Crippen molar-refractivity contribution in [3.05, 3.63) is 0 Å². The van der Waals surface area contributed by atoms with E-state index in [1.807, 2.05) is 6.92 Å². The molecule has 3 atom stereocenters. The minimum Gasteiger partial charge on any atom is -0.391 e. The van der Waals surface area contributed by atoms with Gasteiger partial charge in [0.25, 0.3) is 0 Å². The van der Waals surface area contributed by atoms with Crippen molar-refractivity contribution in [2.45, 2.75) is 38.4 Å². The van der Waals surface area contributed by atoms with Crippen LogP contribution in [-0.2, 0) is 9.53 Å². The van der Waals surface area contributed by atoms with Crippen molar-refractivity contribution < 1.29 is 14.6 Å². The fourth-order valence-electron chi connectivity index (χ4n) is 2.40. The van der Waals surface area contributed by atoms with Crippen LogP contribution in [0.5, 0.6) is 0 Å². The molecule has 2 aliphatic heterocycles. The largest absolute Gasteiger partial charge is 0.391 e. The monoisotopic (exact) mass is 213 g/mol. The van der Waals surface area contributed by atoms with Gasteiger partial charge in [0, 0.05) is 13.1 Å². The predicted molar refractivity (Wildman–Crippen MR) is 55.3 cm³/mol. The molecular formula is C11H19NO3. The van der Waals surface area contributed by atoms with Gasteiger partial charge in [0.15, 0.2) is 0 Å². The number of nitrogens with zero attached hydrogens (tertiary/aromatic N) is 1. The van der Waals surface area contributed by atoms with Crippen molar-refractivity contribution in [1.82, 2.24) is 4.90 Å². The molecule has 1 N–H and O–H groups in total. The van der Waals surface area contributed by atoms with Crippen LogP contribution < -0.4 is 0 Å². The van der Waals surface area contributed by atoms with E-state index in [0.717, 1.165) is 25.8 Å². The average molecular weight is 213 g/mol. The highest BCUT2D eigenvalue weighted by atomic mass is 16.5. The number of β-amino-alcohol motifs (C(OH)–C–C–N with tert-alkyl or cyclic N) is 1. The molecular weight excluding hydrogens is 194 g/mol. The van der Waals surface area contributed by atoms with Gasteiger partial charge >= 0.3 is 0 Å². The molecule has 4 nitrogen and oxygen atoms in total. The van der Waals surface area contributed by atoms with Crippen molar-refractivity contribution in [2.24, 2.45) is 5.92 Å². The molecule has 2 heterocycles. The molecule has 0 bridgehead atoms. The Kier molecular flexibility index (Phi) is 3.26. The number of aliphatic hydroxyl groups is 1. The zero-order valence-electron chi connectivity index (χ0n) is 9.19. The molecule has 4 heteroatoms. The lowest BCUT2D eigenvalue weighted by Gasteiger charge is -2.31. The third-order valence-electron chi connectivity index (χ3n) is 3.26. The number of aliphatic hydroxyl groups excluding tert-OH is 1. The van der Waals surface area contributed by atoms with Gasteiger partial charge in [0.2, 0.25) is 5.91 Å². The van der Waals surface area contributed by atoms with E-state index in [0.29, 0.717) is 13.2 Å². The van der Waals surface area contributed by atoms with Crippen molar-refractivity contribution >= 4 is 5.91 Å². The molecule has 2 saturated heterocycles. The predicted octanol–water partition coefficient (Wildman–Crippen LogP) is 0.395. The van der Waals surface area contributed by atoms with Crippen molar-refractivity contribution in [2.75, 3.05) is 19.7 Å². The first-order valence-electron chi connectivity index (χ1n) is 5.75. The highest BCUT2D eigenvalue weighted by molar-refractivity contribution is 5.79. The van der Waals surface area contributed by atoms with Gasteiger partial charge in [-0.3, -0.25) is 4.79 Å². The number of carbonyl (C=O) groups excluding carboxylic acids is 1. The SMILES string of the molecule is CC1CC(C(=O)N2CCCC(O)C2)CO1. The number of amides is 1. The van der Waals surface area contributed by atoms with Gasteiger partial charge in [-0.1, -0.05) is 0 Å². The second-order valence-corrected chi connectivity index (χ2v) is 4.66. The van der Waals surface area contributed by atoms with Gasteiger partial charge in [-0.25, -0.2) is 0 Å². The summed E-state index contributed by atoms with van der Waals surface area (Å²) in [6, 6.07) is 0. The van der Waals surface area contributed by atoms with E-state index in [-0.39, 0.29) is 24.0 Å². The normalized spacial score (nSPS) is 36.9. The molecule has 0 saturated carbocycles. The summed E-state index contributed by atoms with van der Waals surface area (Å²) in [7, 11) is 0. The molecule has 0 spiro atoms. The van der Waals surface area contributed by atoms with Gasteiger partial charge in [-0.05, 0) is 26.2 Å². The molecule has 0 aliphatic carbocycles. The van der Waals surface area contributed by atoms with E-state index in [4.69, 9.17) is 4.74 Å². The summed E-state index contributed by atoms with van der Waals surface area (Å²) in [5, 5.41) is 9.50. The zero-order valence-corrected chi connectivity index (χ0v) is 9.19. The highest BCUT2D eigenvalue weighted by Crippen LogP contribution is 2.22. The molecule has 15 heavy (non-hydrogen) atoms. The third-order valence-corrected chi connectivity index (χ3v) is 3.26. The fraction of sp³-hybridized carbons (Fsp3) is 0.909. The number of hydrogen-bond donors (Lipinski definition) is 1. The maximum absolute atomic E-state index is 12.0. The smallest absolute Gasteiger partial charge is 0.228 e. The third kappa shape index (κ3) is 2.49. The first-order valence-corrected chi connectivity index (χ1v) is 5.75. The minimum atomic E-state index is -0.331. The van der Waals surface area contributed by atoms with Crippen LogP contribution >= 0.6 is 0 Å². The maximum atomic E-state index is 12.0. The van der Waals surface area contributed by atoms with Gasteiger partial charge in [0.05, 0.1) is 24.7 Å². The van der Waals surface area contributed by atoms with Crippen LogP contribution in [0.2, 0.25) is 0 Å². The molecule has 2 rings (SSSR count). The molecule has 1 amide bonds. The van der Waals surface area contributed by atoms with E-state index in [1.165, 1.54) is 0 Å². The lowest BCUT2D eigenvalue weighted by atomic mass is 10.0. The van der Waals surface area contributed by atoms with Crippen LogP contribution in [-0.4, -0.2) is 47.8 Å². The minimum absolute atomic E-state index is 0.0188. The summed E-state index contributed by atoms with van der Waals surface area (Å²) in [6.07, 6.45) is 2.43. The Morgan fingerprint density at radius 1 is 1.53 bits per heavy atom. The van der Waals surface area contributed by atoms with Crippen molar-refractivity contribution in [3.8, 4) is 0 Å². The Bertz CT molecular complexity index is 244. The van der Waals surface area contributed by atoms with Crippen molar-refractivity contribution in [1.29, 1.82) is 0 Å². The summed E-state index contributed by atoms with van der Waals surface area (Å²) in [6.45, 7) is 3.84. The van der Waals surface area contributed by atoms with E-state index in [9.17, 15) is 9.90 Å². The molecule has 0 radical (unpaired) electrons. The number of hydrogen-bond acceptors (Lipinski definition) is 3. The standard InChI is InChI=1S/C11H19NO3/c1-8-5-9(7-15-8)11(14)12-4-2-3-10(13)6-12/h8-10,13H,2-7H2,1H3. The molecule has 2 aliphatic rings. The molecule has 86 valence electrons. The molecule has 0 aromatic heterocycles. The highest BCUT2D eigenvalue weighted by Gasteiger charge is 2.33. The lowest BCUT2D eigenvalue weighted by Crippen LogP contribution is -2.45. The number of ether oxygens (including phenoxy) is 1. The quantitative estimate of drug-likeness (QED) is 0.685. The van der Waals surface area contributed by atoms with Crippen LogP contribution in [0.1, 0.15) is 26.2 Å². The van der Waals surface area contributed by atoms with Gasteiger partial charge in [-0.2, -0.15) is 0 Å². The van der Waals surface area contributed by atoms with Gasteiger partial charge in [0.1, 0.15) is 0 Å². The maximum Gasteiger partial charge on any atom is 0.228 e. The molecule has 0 aromatic carbocycles. The summed E-state index contributed by atoms with van der Waals surface area (Å²) in [5.74, 6) is 0.184. The van der Waals surface area contributed by atoms with Crippen molar-refractivity contribution in [3.63, 3.8) is 0 Å². The Morgan fingerprint density at radius 2 is 2.33 bits per heavy atom. The van der Waals surface area contributed by atoms with E-state index in [2.05, 4.69) is 0 Å². The summed E-state index contributed by atoms with van der Waals surface area (Å²) >= 11 is 0. The first-order chi connectivity index (χ1) is 7.16. The number of rotatable bonds is 1. The second kappa shape index (κ2) is 4.49. The topological polar surface area (TPSA) is 49.8 Å². The van der Waals surface area contributed by atoms with Crippen LogP contribution in [0.25, 0.3) is 0 Å². The zero-order chi connectivity index (χ0) is 10.8. The van der Waals surface area contributed by atoms with E-state index < -0.39 is 0 Å². The van der Waals surface area contributed by atoms with Gasteiger partial charge < -0.3 is 14.7 Å². The second-order valence-electron chi connectivity index (χ2n) is 4.66. The van der Waals surface area contributed by atoms with Gasteiger partial charge in [-0.15, -0.1) is 0 Å². The summed E-state index contributed by atoms with van der Waals surface area (Å²) in [5.41, 5.74) is 0. The number of piperidine rings is 1.